The molecule has 0 radical (unpaired) electrons. The number of carbonyl (C=O) groups is 1. The summed E-state index contributed by atoms with van der Waals surface area (Å²) in [6, 6.07) is -0.713. The lowest BCUT2D eigenvalue weighted by molar-refractivity contribution is -0.131. The molecule has 4 N–H and O–H groups in total. The van der Waals surface area contributed by atoms with E-state index in [1.807, 2.05) is 0 Å². The summed E-state index contributed by atoms with van der Waals surface area (Å²) in [7, 11) is 0. The fourth-order valence-electron chi connectivity index (χ4n) is 8.07. The summed E-state index contributed by atoms with van der Waals surface area (Å²) in [4.78, 5) is 12.5. The molecule has 0 aromatic rings. The maximum Gasteiger partial charge on any atom is 0.249 e. The topological polar surface area (TPSA) is 89.8 Å². The van der Waals surface area contributed by atoms with E-state index in [1.54, 1.807) is 0 Å². The molecule has 3 unspecified atom stereocenters. The van der Waals surface area contributed by atoms with Crippen LogP contribution in [0.3, 0.4) is 0 Å². The van der Waals surface area contributed by atoms with Crippen LogP contribution in [0, 0.1) is 0 Å². The molecule has 0 heterocycles. The van der Waals surface area contributed by atoms with Crippen molar-refractivity contribution in [1.82, 2.24) is 5.32 Å². The Hall–Kier alpha value is -1.17. The average molecular weight is 804 g/mol. The number of carbonyl (C=O) groups excluding carboxylic acids is 1. The van der Waals surface area contributed by atoms with Crippen LogP contribution in [-0.2, 0) is 4.79 Å². The largest absolute Gasteiger partial charge is 0.394 e. The fraction of sp³-hybridized carbons (Fsp3) is 0.904. The van der Waals surface area contributed by atoms with E-state index in [1.165, 1.54) is 218 Å². The molecule has 0 aromatic carbocycles. The smallest absolute Gasteiger partial charge is 0.249 e. The van der Waals surface area contributed by atoms with E-state index < -0.39 is 24.2 Å². The molecule has 0 rings (SSSR count). The highest BCUT2D eigenvalue weighted by Crippen LogP contribution is 2.17. The number of aliphatic hydroxyl groups excluding tert-OH is 3. The Bertz CT molecular complexity index is 844. The summed E-state index contributed by atoms with van der Waals surface area (Å²) in [5.74, 6) is -0.472. The first-order valence-corrected chi connectivity index (χ1v) is 25.7. The number of unbranched alkanes of at least 4 members (excludes halogenated alkanes) is 36. The number of allylic oxidation sites excluding steroid dienone is 4. The van der Waals surface area contributed by atoms with Gasteiger partial charge in [0.25, 0.3) is 0 Å². The fourth-order valence-corrected chi connectivity index (χ4v) is 8.07. The molecule has 3 atom stereocenters. The summed E-state index contributed by atoms with van der Waals surface area (Å²) in [6.07, 6.45) is 59.1. The van der Waals surface area contributed by atoms with E-state index in [0.29, 0.717) is 12.8 Å². The SMILES string of the molecule is CCCCC/C=C\C=C/CCCCCCCCCCCC(O)C(=O)NC(CO)C(O)CCCCCCCCCCCCCCCCCCCCCCCCCCC. The molecule has 338 valence electrons. The lowest BCUT2D eigenvalue weighted by Gasteiger charge is -2.23. The van der Waals surface area contributed by atoms with E-state index in [2.05, 4.69) is 43.5 Å². The average Bonchev–Trinajstić information content (AvgIpc) is 3.22. The molecule has 5 heteroatoms. The van der Waals surface area contributed by atoms with Crippen molar-refractivity contribution in [2.24, 2.45) is 0 Å². The van der Waals surface area contributed by atoms with Gasteiger partial charge in [0, 0.05) is 0 Å². The van der Waals surface area contributed by atoms with Gasteiger partial charge in [0.05, 0.1) is 18.8 Å². The zero-order valence-corrected chi connectivity index (χ0v) is 38.5. The van der Waals surface area contributed by atoms with Crippen molar-refractivity contribution in [1.29, 1.82) is 0 Å². The standard InChI is InChI=1S/C52H101NO4/c1-3-5-7-9-11-13-15-17-19-21-23-24-25-26-27-28-29-31-32-34-36-38-40-42-44-46-50(55)49(48-54)53-52(57)51(56)47-45-43-41-39-37-35-33-30-22-20-18-16-14-12-10-8-6-4-2/h12,14,16,18,49-51,54-56H,3-11,13,15,17,19-48H2,1-2H3,(H,53,57)/b14-12-,18-16-. The van der Waals surface area contributed by atoms with Crippen LogP contribution in [0.25, 0.3) is 0 Å². The molecule has 0 aliphatic rings. The predicted molar refractivity (Wildman–Crippen MR) is 250 cm³/mol. The van der Waals surface area contributed by atoms with Gasteiger partial charge in [-0.15, -0.1) is 0 Å². The van der Waals surface area contributed by atoms with E-state index in [9.17, 15) is 20.1 Å². The Balaban J connectivity index is 3.55. The normalized spacial score (nSPS) is 13.6. The highest BCUT2D eigenvalue weighted by molar-refractivity contribution is 5.80. The first-order valence-electron chi connectivity index (χ1n) is 25.7. The maximum absolute atomic E-state index is 12.5. The molecule has 0 bridgehead atoms. The highest BCUT2D eigenvalue weighted by Gasteiger charge is 2.23. The number of hydrogen-bond acceptors (Lipinski definition) is 4. The van der Waals surface area contributed by atoms with Crippen molar-refractivity contribution >= 4 is 5.91 Å². The summed E-state index contributed by atoms with van der Waals surface area (Å²) in [5.41, 5.74) is 0. The monoisotopic (exact) mass is 804 g/mol. The third-order valence-electron chi connectivity index (χ3n) is 12.1. The Morgan fingerprint density at radius 2 is 0.702 bits per heavy atom. The molecule has 0 fully saturated rings. The molecule has 5 nitrogen and oxygen atoms in total. The minimum Gasteiger partial charge on any atom is -0.394 e. The van der Waals surface area contributed by atoms with Crippen LogP contribution >= 0.6 is 0 Å². The second-order valence-corrected chi connectivity index (χ2v) is 17.8. The van der Waals surface area contributed by atoms with E-state index in [-0.39, 0.29) is 6.61 Å². The zero-order chi connectivity index (χ0) is 41.5. The molecule has 0 aliphatic heterocycles. The van der Waals surface area contributed by atoms with Gasteiger partial charge in [-0.05, 0) is 38.5 Å². The van der Waals surface area contributed by atoms with Crippen molar-refractivity contribution in [3.8, 4) is 0 Å². The highest BCUT2D eigenvalue weighted by atomic mass is 16.3. The third-order valence-corrected chi connectivity index (χ3v) is 12.1. The number of nitrogens with one attached hydrogen (secondary N) is 1. The number of amides is 1. The Morgan fingerprint density at radius 1 is 0.421 bits per heavy atom. The molecular weight excluding hydrogens is 703 g/mol. The molecule has 0 saturated carbocycles. The second kappa shape index (κ2) is 47.5. The van der Waals surface area contributed by atoms with Gasteiger partial charge in [-0.25, -0.2) is 0 Å². The Kier molecular flexibility index (Phi) is 46.5. The van der Waals surface area contributed by atoms with Crippen molar-refractivity contribution in [2.75, 3.05) is 6.61 Å². The van der Waals surface area contributed by atoms with E-state index in [0.717, 1.165) is 32.1 Å². The van der Waals surface area contributed by atoms with Crippen molar-refractivity contribution in [3.63, 3.8) is 0 Å². The van der Waals surface area contributed by atoms with Crippen LogP contribution in [0.2, 0.25) is 0 Å². The van der Waals surface area contributed by atoms with Crippen LogP contribution in [-0.4, -0.2) is 46.1 Å². The van der Waals surface area contributed by atoms with Gasteiger partial charge in [0.2, 0.25) is 5.91 Å². The molecule has 0 spiro atoms. The summed E-state index contributed by atoms with van der Waals surface area (Å²) in [5, 5.41) is 33.5. The van der Waals surface area contributed by atoms with E-state index >= 15 is 0 Å². The van der Waals surface area contributed by atoms with Gasteiger partial charge in [-0.1, -0.05) is 263 Å². The minimum atomic E-state index is -1.08. The van der Waals surface area contributed by atoms with Gasteiger partial charge in [0.1, 0.15) is 6.10 Å². The molecule has 1 amide bonds. The Morgan fingerprint density at radius 3 is 1.05 bits per heavy atom. The molecule has 0 aliphatic carbocycles. The minimum absolute atomic E-state index is 0.313. The molecule has 0 aromatic heterocycles. The first-order chi connectivity index (χ1) is 28.1. The van der Waals surface area contributed by atoms with Crippen molar-refractivity contribution in [3.05, 3.63) is 24.3 Å². The molecule has 57 heavy (non-hydrogen) atoms. The van der Waals surface area contributed by atoms with Gasteiger partial charge in [-0.3, -0.25) is 4.79 Å². The predicted octanol–water partition coefficient (Wildman–Crippen LogP) is 15.3. The van der Waals surface area contributed by atoms with Crippen LogP contribution in [0.1, 0.15) is 277 Å². The van der Waals surface area contributed by atoms with Crippen LogP contribution in [0.15, 0.2) is 24.3 Å². The zero-order valence-electron chi connectivity index (χ0n) is 38.5. The number of rotatable bonds is 47. The summed E-state index contributed by atoms with van der Waals surface area (Å²) < 4.78 is 0. The van der Waals surface area contributed by atoms with Crippen LogP contribution in [0.4, 0.5) is 0 Å². The summed E-state index contributed by atoms with van der Waals surface area (Å²) >= 11 is 0. The first kappa shape index (κ1) is 55.8. The number of aliphatic hydroxyl groups is 3. The van der Waals surface area contributed by atoms with Crippen LogP contribution < -0.4 is 5.32 Å². The number of hydrogen-bond donors (Lipinski definition) is 4. The van der Waals surface area contributed by atoms with Crippen LogP contribution in [0.5, 0.6) is 0 Å². The third kappa shape index (κ3) is 42.8. The lowest BCUT2D eigenvalue weighted by Crippen LogP contribution is -2.49. The van der Waals surface area contributed by atoms with E-state index in [4.69, 9.17) is 0 Å². The second-order valence-electron chi connectivity index (χ2n) is 17.8. The van der Waals surface area contributed by atoms with Gasteiger partial charge in [-0.2, -0.15) is 0 Å². The molecule has 0 saturated heterocycles. The summed E-state index contributed by atoms with van der Waals surface area (Å²) in [6.45, 7) is 4.23. The Labute approximate surface area is 356 Å². The quantitative estimate of drug-likeness (QED) is 0.0364. The van der Waals surface area contributed by atoms with Crippen molar-refractivity contribution < 1.29 is 20.1 Å². The lowest BCUT2D eigenvalue weighted by atomic mass is 10.0. The molecular formula is C52H101NO4. The van der Waals surface area contributed by atoms with Gasteiger partial charge >= 0.3 is 0 Å². The maximum atomic E-state index is 12.5. The van der Waals surface area contributed by atoms with Crippen molar-refractivity contribution in [2.45, 2.75) is 295 Å². The van der Waals surface area contributed by atoms with Gasteiger partial charge < -0.3 is 20.6 Å². The van der Waals surface area contributed by atoms with Gasteiger partial charge in [0.15, 0.2) is 0 Å².